The Hall–Kier alpha value is -3.55. The molecule has 0 aromatic carbocycles. The molecule has 0 unspecified atom stereocenters. The van der Waals surface area contributed by atoms with Crippen molar-refractivity contribution in [3.05, 3.63) is 42.5 Å². The zero-order valence-electron chi connectivity index (χ0n) is 17.7. The van der Waals surface area contributed by atoms with E-state index in [1.165, 1.54) is 0 Å². The number of piperidine rings is 1. The van der Waals surface area contributed by atoms with Crippen LogP contribution in [-0.2, 0) is 4.79 Å². The molecule has 0 saturated carbocycles. The fourth-order valence-corrected chi connectivity index (χ4v) is 4.35. The number of rotatable bonds is 3. The third-order valence-electron chi connectivity index (χ3n) is 6.17. The maximum absolute atomic E-state index is 12.0. The number of anilines is 1. The maximum atomic E-state index is 12.0. The first kappa shape index (κ1) is 19.4. The Bertz CT molecular complexity index is 1290. The van der Waals surface area contributed by atoms with Crippen LogP contribution >= 0.6 is 0 Å². The van der Waals surface area contributed by atoms with Crippen molar-refractivity contribution in [3.8, 4) is 11.3 Å². The monoisotopic (exact) mass is 415 g/mol. The van der Waals surface area contributed by atoms with Crippen molar-refractivity contribution in [2.24, 2.45) is 0 Å². The lowest BCUT2D eigenvalue weighted by Gasteiger charge is -2.32. The largest absolute Gasteiger partial charge is 0.383 e. The topological polar surface area (TPSA) is 103 Å². The van der Waals surface area contributed by atoms with Gasteiger partial charge in [0.1, 0.15) is 16.9 Å². The van der Waals surface area contributed by atoms with E-state index in [1.807, 2.05) is 43.3 Å². The van der Waals surface area contributed by atoms with Gasteiger partial charge < -0.3 is 15.2 Å². The molecule has 0 atom stereocenters. The predicted molar refractivity (Wildman–Crippen MR) is 120 cm³/mol. The quantitative estimate of drug-likeness (QED) is 0.549. The molecule has 0 aliphatic carbocycles. The molecule has 4 aromatic rings. The minimum atomic E-state index is 0.224. The number of hydrogen-bond acceptors (Lipinski definition) is 6. The molecule has 1 amide bonds. The standard InChI is InChI=1S/C23H25N7O/c1-3-20(31)29-8-6-16(7-9-29)30-13-27-19-12-25-18-5-4-17(28-21(18)22(19)30)15-10-14(2)23(24)26-11-15/h4-5,10-13,16H,3,6-9H2,1-2H3,(H2,24,26). The van der Waals surface area contributed by atoms with E-state index in [0.29, 0.717) is 12.2 Å². The van der Waals surface area contributed by atoms with Gasteiger partial charge in [-0.1, -0.05) is 6.92 Å². The molecule has 1 fully saturated rings. The van der Waals surface area contributed by atoms with Gasteiger partial charge in [-0.05, 0) is 43.5 Å². The fraction of sp³-hybridized carbons (Fsp3) is 0.348. The number of nitrogens with zero attached hydrogens (tertiary/aromatic N) is 6. The highest BCUT2D eigenvalue weighted by Gasteiger charge is 2.25. The number of carbonyl (C=O) groups is 1. The van der Waals surface area contributed by atoms with Crippen molar-refractivity contribution in [1.29, 1.82) is 0 Å². The molecule has 1 saturated heterocycles. The van der Waals surface area contributed by atoms with Crippen LogP contribution in [0.4, 0.5) is 5.82 Å². The van der Waals surface area contributed by atoms with E-state index in [4.69, 9.17) is 10.7 Å². The Kier molecular flexibility index (Phi) is 4.77. The van der Waals surface area contributed by atoms with Crippen molar-refractivity contribution in [3.63, 3.8) is 0 Å². The second kappa shape index (κ2) is 7.61. The Morgan fingerprint density at radius 2 is 1.94 bits per heavy atom. The van der Waals surface area contributed by atoms with Gasteiger partial charge in [0.05, 0.1) is 29.3 Å². The molecular weight excluding hydrogens is 390 g/mol. The minimum Gasteiger partial charge on any atom is -0.383 e. The lowest BCUT2D eigenvalue weighted by molar-refractivity contribution is -0.132. The van der Waals surface area contributed by atoms with Gasteiger partial charge in [-0.2, -0.15) is 0 Å². The lowest BCUT2D eigenvalue weighted by Crippen LogP contribution is -2.38. The number of imidazole rings is 1. The van der Waals surface area contributed by atoms with Crippen LogP contribution in [0.25, 0.3) is 33.3 Å². The number of nitrogens with two attached hydrogens (primary N) is 1. The number of fused-ring (bicyclic) bond motifs is 3. The SMILES string of the molecule is CCC(=O)N1CCC(n2cnc3cnc4ccc(-c5cnc(N)c(C)c5)nc4c32)CC1. The summed E-state index contributed by atoms with van der Waals surface area (Å²) in [5.41, 5.74) is 12.0. The number of aryl methyl sites for hydroxylation is 1. The van der Waals surface area contributed by atoms with E-state index >= 15 is 0 Å². The van der Waals surface area contributed by atoms with Crippen LogP contribution in [0.5, 0.6) is 0 Å². The molecule has 5 heterocycles. The molecule has 1 aliphatic heterocycles. The summed E-state index contributed by atoms with van der Waals surface area (Å²) in [4.78, 5) is 32.4. The number of nitrogen functional groups attached to an aromatic ring is 1. The smallest absolute Gasteiger partial charge is 0.222 e. The van der Waals surface area contributed by atoms with E-state index in [1.54, 1.807) is 12.4 Å². The van der Waals surface area contributed by atoms with Gasteiger partial charge in [-0.3, -0.25) is 9.78 Å². The Morgan fingerprint density at radius 1 is 1.13 bits per heavy atom. The zero-order valence-corrected chi connectivity index (χ0v) is 17.7. The molecule has 0 bridgehead atoms. The second-order valence-electron chi connectivity index (χ2n) is 8.10. The third kappa shape index (κ3) is 3.37. The Morgan fingerprint density at radius 3 is 2.68 bits per heavy atom. The first-order chi connectivity index (χ1) is 15.0. The van der Waals surface area contributed by atoms with Crippen molar-refractivity contribution < 1.29 is 4.79 Å². The third-order valence-corrected chi connectivity index (χ3v) is 6.17. The number of aromatic nitrogens is 5. The molecule has 0 radical (unpaired) electrons. The van der Waals surface area contributed by atoms with Crippen LogP contribution in [-0.4, -0.2) is 48.4 Å². The molecule has 2 N–H and O–H groups in total. The van der Waals surface area contributed by atoms with Gasteiger partial charge in [-0.15, -0.1) is 0 Å². The highest BCUT2D eigenvalue weighted by molar-refractivity contribution is 6.00. The van der Waals surface area contributed by atoms with Gasteiger partial charge >= 0.3 is 0 Å². The second-order valence-corrected chi connectivity index (χ2v) is 8.10. The van der Waals surface area contributed by atoms with Gasteiger partial charge in [0.15, 0.2) is 0 Å². The summed E-state index contributed by atoms with van der Waals surface area (Å²) in [7, 11) is 0. The summed E-state index contributed by atoms with van der Waals surface area (Å²) in [6.45, 7) is 5.40. The summed E-state index contributed by atoms with van der Waals surface area (Å²) in [5, 5.41) is 0. The first-order valence-electron chi connectivity index (χ1n) is 10.7. The average Bonchev–Trinajstić information content (AvgIpc) is 3.25. The highest BCUT2D eigenvalue weighted by Crippen LogP contribution is 2.31. The van der Waals surface area contributed by atoms with Crippen LogP contribution in [0.1, 0.15) is 37.8 Å². The number of carbonyl (C=O) groups excluding carboxylic acids is 1. The minimum absolute atomic E-state index is 0.224. The van der Waals surface area contributed by atoms with Gasteiger partial charge in [-0.25, -0.2) is 15.0 Å². The maximum Gasteiger partial charge on any atom is 0.222 e. The molecule has 8 heteroatoms. The van der Waals surface area contributed by atoms with Gasteiger partial charge in [0, 0.05) is 37.3 Å². The van der Waals surface area contributed by atoms with Crippen LogP contribution < -0.4 is 5.73 Å². The summed E-state index contributed by atoms with van der Waals surface area (Å²) < 4.78 is 2.22. The Balaban J connectivity index is 1.57. The molecular formula is C23H25N7O. The number of amides is 1. The molecule has 4 aromatic heterocycles. The van der Waals surface area contributed by atoms with Crippen molar-refractivity contribution >= 4 is 33.8 Å². The van der Waals surface area contributed by atoms with Crippen molar-refractivity contribution in [2.45, 2.75) is 39.2 Å². The molecule has 31 heavy (non-hydrogen) atoms. The highest BCUT2D eigenvalue weighted by atomic mass is 16.2. The van der Waals surface area contributed by atoms with E-state index in [2.05, 4.69) is 19.5 Å². The predicted octanol–water partition coefficient (Wildman–Crippen LogP) is 3.51. The Labute approximate surface area is 180 Å². The summed E-state index contributed by atoms with van der Waals surface area (Å²) in [5.74, 6) is 0.752. The molecule has 158 valence electrons. The average molecular weight is 416 g/mol. The van der Waals surface area contributed by atoms with E-state index in [-0.39, 0.29) is 11.9 Å². The normalized spacial score (nSPS) is 15.1. The zero-order chi connectivity index (χ0) is 21.5. The van der Waals surface area contributed by atoms with Gasteiger partial charge in [0.2, 0.25) is 5.91 Å². The summed E-state index contributed by atoms with van der Waals surface area (Å²) >= 11 is 0. The molecule has 8 nitrogen and oxygen atoms in total. The van der Waals surface area contributed by atoms with E-state index in [9.17, 15) is 4.79 Å². The number of hydrogen-bond donors (Lipinski definition) is 1. The molecule has 0 spiro atoms. The van der Waals surface area contributed by atoms with Crippen LogP contribution in [0, 0.1) is 6.92 Å². The van der Waals surface area contributed by atoms with Gasteiger partial charge in [0.25, 0.3) is 0 Å². The van der Waals surface area contributed by atoms with E-state index < -0.39 is 0 Å². The number of pyridine rings is 3. The van der Waals surface area contributed by atoms with Crippen molar-refractivity contribution in [2.75, 3.05) is 18.8 Å². The van der Waals surface area contributed by atoms with E-state index in [0.717, 1.165) is 64.8 Å². The first-order valence-corrected chi connectivity index (χ1v) is 10.7. The number of likely N-dealkylation sites (tertiary alicyclic amines) is 1. The fourth-order valence-electron chi connectivity index (χ4n) is 4.35. The van der Waals surface area contributed by atoms with Crippen LogP contribution in [0.3, 0.4) is 0 Å². The van der Waals surface area contributed by atoms with Crippen molar-refractivity contribution in [1.82, 2.24) is 29.4 Å². The lowest BCUT2D eigenvalue weighted by atomic mass is 10.0. The molecule has 1 aliphatic rings. The van der Waals surface area contributed by atoms with Crippen LogP contribution in [0.2, 0.25) is 0 Å². The summed E-state index contributed by atoms with van der Waals surface area (Å²) in [6, 6.07) is 6.23. The summed E-state index contributed by atoms with van der Waals surface area (Å²) in [6.07, 6.45) is 7.81. The molecule has 5 rings (SSSR count). The van der Waals surface area contributed by atoms with Crippen LogP contribution in [0.15, 0.2) is 36.9 Å².